The zero-order valence-corrected chi connectivity index (χ0v) is 14.0. The molecule has 1 amide bonds. The van der Waals surface area contributed by atoms with Crippen molar-refractivity contribution >= 4 is 21.4 Å². The fourth-order valence-corrected chi connectivity index (χ4v) is 4.49. The fraction of sp³-hybridized carbons (Fsp3) is 0.562. The Morgan fingerprint density at radius 3 is 2.36 bits per heavy atom. The summed E-state index contributed by atoms with van der Waals surface area (Å²) in [5.41, 5.74) is 3.14. The molecule has 122 valence electrons. The number of carbonyl (C=O) groups excluding carboxylic acids is 1. The molecule has 0 spiro atoms. The molecule has 2 N–H and O–H groups in total. The van der Waals surface area contributed by atoms with Crippen LogP contribution in [0.25, 0.3) is 0 Å². The molecule has 0 saturated carbocycles. The standard InChI is InChI=1S/C16H24N2O3S/c1-3-12-6-5-7-13(4-2)16(12)18-15(19)10-17-14-8-9-22(20,21)11-14/h5-7,14,17H,3-4,8-11H2,1-2H3,(H,18,19). The summed E-state index contributed by atoms with van der Waals surface area (Å²) in [6.07, 6.45) is 2.30. The second-order valence-electron chi connectivity index (χ2n) is 5.69. The molecule has 1 aliphatic heterocycles. The van der Waals surface area contributed by atoms with Crippen molar-refractivity contribution in [2.75, 3.05) is 23.4 Å². The average molecular weight is 324 g/mol. The summed E-state index contributed by atoms with van der Waals surface area (Å²) in [6.45, 7) is 4.26. The number of nitrogens with one attached hydrogen (secondary N) is 2. The van der Waals surface area contributed by atoms with Gasteiger partial charge in [-0.05, 0) is 30.4 Å². The van der Waals surface area contributed by atoms with Gasteiger partial charge in [-0.1, -0.05) is 32.0 Å². The lowest BCUT2D eigenvalue weighted by Crippen LogP contribution is -2.37. The van der Waals surface area contributed by atoms with Gasteiger partial charge >= 0.3 is 0 Å². The monoisotopic (exact) mass is 324 g/mol. The number of anilines is 1. The van der Waals surface area contributed by atoms with Crippen molar-refractivity contribution in [2.24, 2.45) is 0 Å². The molecular weight excluding hydrogens is 300 g/mol. The van der Waals surface area contributed by atoms with Crippen LogP contribution in [0.2, 0.25) is 0 Å². The highest BCUT2D eigenvalue weighted by molar-refractivity contribution is 7.91. The minimum absolute atomic E-state index is 0.109. The third kappa shape index (κ3) is 4.30. The Hall–Kier alpha value is -1.40. The summed E-state index contributed by atoms with van der Waals surface area (Å²) >= 11 is 0. The van der Waals surface area contributed by atoms with Crippen molar-refractivity contribution in [3.05, 3.63) is 29.3 Å². The van der Waals surface area contributed by atoms with Crippen molar-refractivity contribution < 1.29 is 13.2 Å². The van der Waals surface area contributed by atoms with Crippen LogP contribution in [0.3, 0.4) is 0 Å². The number of hydrogen-bond donors (Lipinski definition) is 2. The van der Waals surface area contributed by atoms with Crippen molar-refractivity contribution in [2.45, 2.75) is 39.2 Å². The fourth-order valence-electron chi connectivity index (χ4n) is 2.78. The highest BCUT2D eigenvalue weighted by Crippen LogP contribution is 2.22. The first-order valence-corrected chi connectivity index (χ1v) is 9.61. The van der Waals surface area contributed by atoms with E-state index in [1.807, 2.05) is 18.2 Å². The van der Waals surface area contributed by atoms with Gasteiger partial charge in [-0.25, -0.2) is 8.42 Å². The number of benzene rings is 1. The molecule has 0 bridgehead atoms. The highest BCUT2D eigenvalue weighted by atomic mass is 32.2. The van der Waals surface area contributed by atoms with E-state index in [1.165, 1.54) is 0 Å². The van der Waals surface area contributed by atoms with Gasteiger partial charge in [0.25, 0.3) is 0 Å². The van der Waals surface area contributed by atoms with Gasteiger partial charge in [-0.3, -0.25) is 4.79 Å². The molecule has 5 nitrogen and oxygen atoms in total. The lowest BCUT2D eigenvalue weighted by Gasteiger charge is -2.16. The van der Waals surface area contributed by atoms with Crippen molar-refractivity contribution in [3.63, 3.8) is 0 Å². The van der Waals surface area contributed by atoms with Crippen molar-refractivity contribution in [1.82, 2.24) is 5.32 Å². The van der Waals surface area contributed by atoms with Crippen LogP contribution in [0.4, 0.5) is 5.69 Å². The zero-order chi connectivity index (χ0) is 16.2. The van der Waals surface area contributed by atoms with Gasteiger partial charge in [-0.2, -0.15) is 0 Å². The number of rotatable bonds is 6. The molecule has 0 aromatic heterocycles. The Bertz CT molecular complexity index is 619. The predicted molar refractivity (Wildman–Crippen MR) is 88.9 cm³/mol. The number of aryl methyl sites for hydroxylation is 2. The molecule has 1 fully saturated rings. The number of amides is 1. The molecule has 6 heteroatoms. The molecule has 22 heavy (non-hydrogen) atoms. The summed E-state index contributed by atoms with van der Waals surface area (Å²) in [7, 11) is -2.92. The summed E-state index contributed by atoms with van der Waals surface area (Å²) in [5.74, 6) is 0.219. The molecule has 1 aromatic rings. The SMILES string of the molecule is CCc1cccc(CC)c1NC(=O)CNC1CCS(=O)(=O)C1. The maximum absolute atomic E-state index is 12.1. The van der Waals surface area contributed by atoms with Gasteiger partial charge < -0.3 is 10.6 Å². The number of para-hydroxylation sites is 1. The van der Waals surface area contributed by atoms with E-state index in [0.717, 1.165) is 29.7 Å². The zero-order valence-electron chi connectivity index (χ0n) is 13.2. The topological polar surface area (TPSA) is 75.3 Å². The Balaban J connectivity index is 1.95. The van der Waals surface area contributed by atoms with E-state index in [9.17, 15) is 13.2 Å². The third-order valence-electron chi connectivity index (χ3n) is 4.05. The van der Waals surface area contributed by atoms with Gasteiger partial charge in [0, 0.05) is 11.7 Å². The van der Waals surface area contributed by atoms with Gasteiger partial charge in [0.2, 0.25) is 5.91 Å². The van der Waals surface area contributed by atoms with Crippen LogP contribution >= 0.6 is 0 Å². The Morgan fingerprint density at radius 2 is 1.86 bits per heavy atom. The lowest BCUT2D eigenvalue weighted by molar-refractivity contribution is -0.115. The second kappa shape index (κ2) is 7.24. The molecule has 1 unspecified atom stereocenters. The molecule has 1 aromatic carbocycles. The maximum Gasteiger partial charge on any atom is 0.238 e. The minimum atomic E-state index is -2.92. The van der Waals surface area contributed by atoms with E-state index in [-0.39, 0.29) is 30.0 Å². The lowest BCUT2D eigenvalue weighted by atomic mass is 10.0. The van der Waals surface area contributed by atoms with E-state index >= 15 is 0 Å². The molecule has 1 saturated heterocycles. The normalized spacial score (nSPS) is 20.0. The molecule has 1 heterocycles. The van der Waals surface area contributed by atoms with Gasteiger partial charge in [-0.15, -0.1) is 0 Å². The van der Waals surface area contributed by atoms with E-state index in [2.05, 4.69) is 24.5 Å². The molecule has 2 rings (SSSR count). The van der Waals surface area contributed by atoms with Crippen LogP contribution in [0.5, 0.6) is 0 Å². The smallest absolute Gasteiger partial charge is 0.238 e. The van der Waals surface area contributed by atoms with Gasteiger partial charge in [0.05, 0.1) is 18.1 Å². The number of carbonyl (C=O) groups is 1. The quantitative estimate of drug-likeness (QED) is 0.832. The van der Waals surface area contributed by atoms with Crippen LogP contribution < -0.4 is 10.6 Å². The Kier molecular flexibility index (Phi) is 5.58. The summed E-state index contributed by atoms with van der Waals surface area (Å²) in [6, 6.07) is 5.94. The summed E-state index contributed by atoms with van der Waals surface area (Å²) in [4.78, 5) is 12.1. The summed E-state index contributed by atoms with van der Waals surface area (Å²) in [5, 5.41) is 6.02. The summed E-state index contributed by atoms with van der Waals surface area (Å²) < 4.78 is 22.8. The molecule has 1 aliphatic rings. The largest absolute Gasteiger partial charge is 0.324 e. The molecule has 1 atom stereocenters. The first kappa shape index (κ1) is 17.0. The molecule has 0 aliphatic carbocycles. The van der Waals surface area contributed by atoms with E-state index < -0.39 is 9.84 Å². The van der Waals surface area contributed by atoms with Crippen LogP contribution in [-0.2, 0) is 27.5 Å². The number of hydrogen-bond acceptors (Lipinski definition) is 4. The first-order valence-electron chi connectivity index (χ1n) is 7.79. The maximum atomic E-state index is 12.1. The molecule has 0 radical (unpaired) electrons. The second-order valence-corrected chi connectivity index (χ2v) is 7.92. The average Bonchev–Trinajstić information content (AvgIpc) is 2.84. The van der Waals surface area contributed by atoms with Gasteiger partial charge in [0.1, 0.15) is 0 Å². The third-order valence-corrected chi connectivity index (χ3v) is 5.81. The van der Waals surface area contributed by atoms with E-state index in [1.54, 1.807) is 0 Å². The highest BCUT2D eigenvalue weighted by Gasteiger charge is 2.27. The molecular formula is C16H24N2O3S. The number of sulfone groups is 1. The first-order chi connectivity index (χ1) is 10.4. The minimum Gasteiger partial charge on any atom is -0.324 e. The predicted octanol–water partition coefficient (Wildman–Crippen LogP) is 1.53. The van der Waals surface area contributed by atoms with E-state index in [0.29, 0.717) is 6.42 Å². The van der Waals surface area contributed by atoms with Gasteiger partial charge in [0.15, 0.2) is 9.84 Å². The van der Waals surface area contributed by atoms with Crippen LogP contribution in [0.1, 0.15) is 31.4 Å². The van der Waals surface area contributed by atoms with Crippen LogP contribution in [0.15, 0.2) is 18.2 Å². The van der Waals surface area contributed by atoms with Crippen LogP contribution in [-0.4, -0.2) is 38.4 Å². The Morgan fingerprint density at radius 1 is 1.23 bits per heavy atom. The van der Waals surface area contributed by atoms with Crippen molar-refractivity contribution in [3.8, 4) is 0 Å². The Labute approximate surface area is 132 Å². The van der Waals surface area contributed by atoms with E-state index in [4.69, 9.17) is 0 Å². The van der Waals surface area contributed by atoms with Crippen LogP contribution in [0, 0.1) is 0 Å². The van der Waals surface area contributed by atoms with Crippen molar-refractivity contribution in [1.29, 1.82) is 0 Å².